The van der Waals surface area contributed by atoms with Crippen LogP contribution in [0.5, 0.6) is 0 Å². The molecule has 2 N–H and O–H groups in total. The van der Waals surface area contributed by atoms with Crippen molar-refractivity contribution in [3.05, 3.63) is 0 Å². The minimum atomic E-state index is 0. The van der Waals surface area contributed by atoms with Crippen LogP contribution >= 0.6 is 0 Å². The molecule has 0 radical (unpaired) electrons. The quantitative estimate of drug-likeness (QED) is 0.844. The third-order valence-corrected chi connectivity index (χ3v) is 4.43. The van der Waals surface area contributed by atoms with Gasteiger partial charge in [0.05, 0.1) is 0 Å². The van der Waals surface area contributed by atoms with Crippen molar-refractivity contribution in [2.45, 2.75) is 85.4 Å². The molecule has 2 rings (SSSR count). The van der Waals surface area contributed by atoms with E-state index in [0.29, 0.717) is 12.1 Å². The van der Waals surface area contributed by atoms with Crippen LogP contribution in [0.1, 0.15) is 67.2 Å². The molecule has 0 aromatic carbocycles. The first kappa shape index (κ1) is 19.9. The van der Waals surface area contributed by atoms with Crippen molar-refractivity contribution < 1.29 is 0 Å². The van der Waals surface area contributed by atoms with E-state index in [1.54, 1.807) is 0 Å². The topological polar surface area (TPSA) is 32.5 Å². The van der Waals surface area contributed by atoms with Crippen molar-refractivity contribution in [1.82, 2.24) is 9.80 Å². The molecule has 0 aromatic rings. The van der Waals surface area contributed by atoms with Gasteiger partial charge in [-0.2, -0.15) is 0 Å². The lowest BCUT2D eigenvalue weighted by Gasteiger charge is -2.32. The summed E-state index contributed by atoms with van der Waals surface area (Å²) in [5.74, 6) is 0. The van der Waals surface area contributed by atoms with Gasteiger partial charge in [-0.1, -0.05) is 13.8 Å². The lowest BCUT2D eigenvalue weighted by atomic mass is 10.1. The van der Waals surface area contributed by atoms with Gasteiger partial charge < -0.3 is 15.5 Å². The second-order valence-electron chi connectivity index (χ2n) is 6.66. The highest BCUT2D eigenvalue weighted by Crippen LogP contribution is 2.11. The van der Waals surface area contributed by atoms with Crippen LogP contribution in [0.2, 0.25) is 0 Å². The molecule has 2 heterocycles. The molecule has 0 saturated carbocycles. The van der Waals surface area contributed by atoms with Crippen LogP contribution in [0.3, 0.4) is 0 Å². The first-order valence-corrected chi connectivity index (χ1v) is 8.24. The number of rotatable bonds is 2. The molecule has 0 amide bonds. The molecule has 0 aromatic heterocycles. The van der Waals surface area contributed by atoms with E-state index in [1.165, 1.54) is 58.3 Å². The van der Waals surface area contributed by atoms with Gasteiger partial charge in [0.2, 0.25) is 0 Å². The van der Waals surface area contributed by atoms with E-state index < -0.39 is 0 Å². The Balaban J connectivity index is 0.000000345. The highest BCUT2D eigenvalue weighted by molar-refractivity contribution is 4.75. The average molecular weight is 286 g/mol. The van der Waals surface area contributed by atoms with Crippen LogP contribution in [0.15, 0.2) is 0 Å². The number of piperidine rings is 2. The predicted octanol–water partition coefficient (Wildman–Crippen LogP) is 3.33. The third kappa shape index (κ3) is 7.61. The summed E-state index contributed by atoms with van der Waals surface area (Å²) in [4.78, 5) is 5.05. The van der Waals surface area contributed by atoms with E-state index >= 15 is 0 Å². The lowest BCUT2D eigenvalue weighted by molar-refractivity contribution is 0.173. The lowest BCUT2D eigenvalue weighted by Crippen LogP contribution is -2.42. The third-order valence-electron chi connectivity index (χ3n) is 4.43. The summed E-state index contributed by atoms with van der Waals surface area (Å²) in [5.41, 5.74) is 5.77. The van der Waals surface area contributed by atoms with Gasteiger partial charge in [0.15, 0.2) is 0 Å². The van der Waals surface area contributed by atoms with Crippen LogP contribution in [0.25, 0.3) is 0 Å². The first-order valence-electron chi connectivity index (χ1n) is 8.24. The van der Waals surface area contributed by atoms with Gasteiger partial charge in [0.25, 0.3) is 0 Å². The van der Waals surface area contributed by atoms with Gasteiger partial charge in [0.1, 0.15) is 0 Å². The number of likely N-dealkylation sites (tertiary alicyclic amines) is 2. The highest BCUT2D eigenvalue weighted by Gasteiger charge is 2.17. The Morgan fingerprint density at radius 2 is 1.15 bits per heavy atom. The number of nitrogens with two attached hydrogens (primary N) is 1. The minimum absolute atomic E-state index is 0. The monoisotopic (exact) mass is 285 g/mol. The maximum Gasteiger partial charge on any atom is 0.00631 e. The van der Waals surface area contributed by atoms with E-state index in [0.717, 1.165) is 6.04 Å². The molecule has 2 aliphatic heterocycles. The van der Waals surface area contributed by atoms with Crippen LogP contribution in [-0.2, 0) is 0 Å². The molecule has 2 fully saturated rings. The van der Waals surface area contributed by atoms with E-state index in [2.05, 4.69) is 37.5 Å². The summed E-state index contributed by atoms with van der Waals surface area (Å²) in [6.07, 6.45) is 6.63. The van der Waals surface area contributed by atoms with Crippen molar-refractivity contribution in [3.8, 4) is 0 Å². The zero-order valence-electron chi connectivity index (χ0n) is 13.6. The maximum atomic E-state index is 5.77. The number of hydrogen-bond donors (Lipinski definition) is 1. The molecule has 0 unspecified atom stereocenters. The second kappa shape index (κ2) is 10.6. The fourth-order valence-corrected chi connectivity index (χ4v) is 2.87. The van der Waals surface area contributed by atoms with Gasteiger partial charge in [-0.15, -0.1) is 0 Å². The van der Waals surface area contributed by atoms with Crippen LogP contribution in [0, 0.1) is 0 Å². The summed E-state index contributed by atoms with van der Waals surface area (Å²) < 4.78 is 0. The van der Waals surface area contributed by atoms with E-state index in [9.17, 15) is 0 Å². The molecule has 2 aliphatic rings. The van der Waals surface area contributed by atoms with E-state index in [1.807, 2.05) is 0 Å². The van der Waals surface area contributed by atoms with Gasteiger partial charge in [-0.05, 0) is 79.6 Å². The number of hydrogen-bond acceptors (Lipinski definition) is 3. The molecular weight excluding hydrogens is 246 g/mol. The molecular formula is C17H39N3. The standard InChI is InChI=1S/C8H18N2.C8H17N.CH4/c1-7(2)10-5-3-8(9)4-6-10;1-8(2)9-6-4-3-5-7-9;/h7-8H,3-6,9H2,1-2H3;8H,3-7H2,1-2H3;1H4. The Hall–Kier alpha value is -0.120. The first-order chi connectivity index (χ1) is 9.00. The molecule has 0 spiro atoms. The van der Waals surface area contributed by atoms with Crippen LogP contribution < -0.4 is 5.73 Å². The molecule has 0 bridgehead atoms. The average Bonchev–Trinajstić information content (AvgIpc) is 2.41. The molecule has 3 nitrogen and oxygen atoms in total. The largest absolute Gasteiger partial charge is 0.328 e. The van der Waals surface area contributed by atoms with Crippen LogP contribution in [0.4, 0.5) is 0 Å². The molecule has 20 heavy (non-hydrogen) atoms. The normalized spacial score (nSPS) is 22.4. The van der Waals surface area contributed by atoms with Crippen molar-refractivity contribution in [2.75, 3.05) is 26.2 Å². The molecule has 122 valence electrons. The smallest absolute Gasteiger partial charge is 0.00631 e. The molecule has 0 atom stereocenters. The van der Waals surface area contributed by atoms with Gasteiger partial charge in [-0.3, -0.25) is 0 Å². The predicted molar refractivity (Wildman–Crippen MR) is 91.2 cm³/mol. The fraction of sp³-hybridized carbons (Fsp3) is 1.00. The summed E-state index contributed by atoms with van der Waals surface area (Å²) in [6.45, 7) is 14.1. The Morgan fingerprint density at radius 3 is 1.50 bits per heavy atom. The molecule has 2 saturated heterocycles. The summed E-state index contributed by atoms with van der Waals surface area (Å²) in [5, 5.41) is 0. The van der Waals surface area contributed by atoms with Gasteiger partial charge >= 0.3 is 0 Å². The minimum Gasteiger partial charge on any atom is -0.328 e. The SMILES string of the molecule is C.CC(C)N1CCC(N)CC1.CC(C)N1CCCCC1. The summed E-state index contributed by atoms with van der Waals surface area (Å²) >= 11 is 0. The van der Waals surface area contributed by atoms with E-state index in [-0.39, 0.29) is 7.43 Å². The fourth-order valence-electron chi connectivity index (χ4n) is 2.87. The number of nitrogens with zero attached hydrogens (tertiary/aromatic N) is 2. The molecule has 3 heteroatoms. The zero-order chi connectivity index (χ0) is 14.3. The maximum absolute atomic E-state index is 5.77. The Bertz CT molecular complexity index is 214. The van der Waals surface area contributed by atoms with Crippen molar-refractivity contribution >= 4 is 0 Å². The Kier molecular flexibility index (Phi) is 10.5. The Labute approximate surface area is 127 Å². The van der Waals surface area contributed by atoms with Crippen LogP contribution in [-0.4, -0.2) is 54.1 Å². The van der Waals surface area contributed by atoms with Gasteiger partial charge in [-0.25, -0.2) is 0 Å². The van der Waals surface area contributed by atoms with Crippen molar-refractivity contribution in [1.29, 1.82) is 0 Å². The highest BCUT2D eigenvalue weighted by atomic mass is 15.2. The molecule has 0 aliphatic carbocycles. The zero-order valence-corrected chi connectivity index (χ0v) is 13.6. The Morgan fingerprint density at radius 1 is 0.750 bits per heavy atom. The second-order valence-corrected chi connectivity index (χ2v) is 6.66. The summed E-state index contributed by atoms with van der Waals surface area (Å²) in [6, 6.07) is 1.94. The van der Waals surface area contributed by atoms with Gasteiger partial charge in [0, 0.05) is 18.1 Å². The van der Waals surface area contributed by atoms with Crippen molar-refractivity contribution in [2.24, 2.45) is 5.73 Å². The summed E-state index contributed by atoms with van der Waals surface area (Å²) in [7, 11) is 0. The van der Waals surface area contributed by atoms with Crippen molar-refractivity contribution in [3.63, 3.8) is 0 Å². The van der Waals surface area contributed by atoms with E-state index in [4.69, 9.17) is 5.73 Å².